The lowest BCUT2D eigenvalue weighted by molar-refractivity contribution is -0.137. The number of carbonyl (C=O) groups is 3. The van der Waals surface area contributed by atoms with Gasteiger partial charge in [-0.15, -0.1) is 0 Å². The van der Waals surface area contributed by atoms with Crippen LogP contribution in [-0.4, -0.2) is 58.3 Å². The maximum Gasteiger partial charge on any atom is 0.303 e. The summed E-state index contributed by atoms with van der Waals surface area (Å²) in [7, 11) is 4.76. The number of Topliss-reactive ketones (excluding diaryl/α,β-unsaturated/α-hetero) is 1. The minimum absolute atomic E-state index is 0.0396. The molecule has 1 N–H and O–H groups in total. The molecule has 0 saturated heterocycles. The molecule has 0 aliphatic carbocycles. The van der Waals surface area contributed by atoms with E-state index in [1.54, 1.807) is 18.0 Å². The molecule has 190 valence electrons. The van der Waals surface area contributed by atoms with Crippen LogP contribution in [0.1, 0.15) is 46.0 Å². The number of carbonyl (C=O) groups excluding carboxylic acids is 2. The summed E-state index contributed by atoms with van der Waals surface area (Å²) in [5.74, 6) is -0.936. The first-order chi connectivity index (χ1) is 17.6. The number of hydrogen-bond donors (Lipinski definition) is 1. The van der Waals surface area contributed by atoms with E-state index in [1.165, 1.54) is 17.7 Å². The summed E-state index contributed by atoms with van der Waals surface area (Å²) in [6.07, 6.45) is 0.532. The van der Waals surface area contributed by atoms with Gasteiger partial charge in [0, 0.05) is 36.7 Å². The van der Waals surface area contributed by atoms with E-state index in [1.807, 2.05) is 50.5 Å². The summed E-state index contributed by atoms with van der Waals surface area (Å²) in [5.41, 5.74) is 5.96. The number of aryl methyl sites for hydroxylation is 1. The van der Waals surface area contributed by atoms with Gasteiger partial charge in [0.15, 0.2) is 5.78 Å². The summed E-state index contributed by atoms with van der Waals surface area (Å²) in [6.45, 7) is 2.39. The first-order valence-corrected chi connectivity index (χ1v) is 13.8. The molecule has 7 heteroatoms. The summed E-state index contributed by atoms with van der Waals surface area (Å²) in [6, 6.07) is 21.9. The molecule has 0 bridgehead atoms. The molecule has 1 aliphatic heterocycles. The fourth-order valence-electron chi connectivity index (χ4n) is 4.72. The molecule has 1 aliphatic rings. The smallest absolute Gasteiger partial charge is 0.303 e. The van der Waals surface area contributed by atoms with Crippen LogP contribution in [0.25, 0.3) is 10.8 Å². The van der Waals surface area contributed by atoms with Gasteiger partial charge in [0.25, 0.3) is 5.91 Å². The van der Waals surface area contributed by atoms with Gasteiger partial charge in [0.05, 0.1) is 15.2 Å². The largest absolute Gasteiger partial charge is 0.481 e. The Balaban J connectivity index is 1.82. The Morgan fingerprint density at radius 3 is 2.14 bits per heavy atom. The zero-order valence-corrected chi connectivity index (χ0v) is 23.2. The predicted octanol–water partition coefficient (Wildman–Crippen LogP) is 3.31. The van der Waals surface area contributed by atoms with Gasteiger partial charge in [-0.25, -0.2) is 0 Å². The van der Waals surface area contributed by atoms with E-state index >= 15 is 0 Å². The fourth-order valence-corrected chi connectivity index (χ4v) is 6.56. The maximum absolute atomic E-state index is 13.6. The molecule has 4 rings (SSSR count). The monoisotopic (exact) mass is 512 g/mol. The zero-order valence-electron chi connectivity index (χ0n) is 21.7. The number of carboxylic acids is 1. The van der Waals surface area contributed by atoms with Gasteiger partial charge in [-0.2, -0.15) is 0 Å². The van der Waals surface area contributed by atoms with Crippen molar-refractivity contribution in [2.75, 3.05) is 26.0 Å². The minimum Gasteiger partial charge on any atom is -0.481 e. The summed E-state index contributed by atoms with van der Waals surface area (Å²) >= 11 is 0. The molecule has 3 aromatic rings. The normalized spacial score (nSPS) is 14.5. The number of nitrogens with zero attached hydrogens (tertiary/aromatic N) is 2. The third-order valence-corrected chi connectivity index (χ3v) is 8.68. The van der Waals surface area contributed by atoms with Crippen molar-refractivity contribution in [1.82, 2.24) is 4.90 Å². The first-order valence-electron chi connectivity index (χ1n) is 12.3. The average molecular weight is 513 g/mol. The topological polar surface area (TPSA) is 77.9 Å². The van der Waals surface area contributed by atoms with Crippen molar-refractivity contribution < 1.29 is 19.5 Å². The molecule has 3 aromatic carbocycles. The molecule has 0 atom stereocenters. The van der Waals surface area contributed by atoms with Crippen molar-refractivity contribution in [2.24, 2.45) is 0 Å². The zero-order chi connectivity index (χ0) is 26.7. The van der Waals surface area contributed by atoms with Gasteiger partial charge in [0.2, 0.25) is 0 Å². The van der Waals surface area contributed by atoms with Gasteiger partial charge in [-0.3, -0.25) is 14.4 Å². The van der Waals surface area contributed by atoms with E-state index in [9.17, 15) is 14.4 Å². The second kappa shape index (κ2) is 11.1. The SMILES string of the molecule is CC(=O)c1ccc2c(c1)/C(=C(/[SiH2]c1ccc(CN(C)C)cc1)c1ccc(CCC(=O)O)cc1)C(=O)N2C. The fraction of sp³-hybridized carbons (Fsp3) is 0.233. The van der Waals surface area contributed by atoms with E-state index in [-0.39, 0.29) is 18.1 Å². The quantitative estimate of drug-likeness (QED) is 0.270. The number of carboxylic acid groups (broad SMARTS) is 1. The van der Waals surface area contributed by atoms with Gasteiger partial charge in [-0.1, -0.05) is 53.7 Å². The maximum atomic E-state index is 13.6. The van der Waals surface area contributed by atoms with Gasteiger partial charge < -0.3 is 14.9 Å². The molecule has 0 aromatic heterocycles. The Hall–Kier alpha value is -3.81. The van der Waals surface area contributed by atoms with Crippen LogP contribution in [0, 0.1) is 0 Å². The lowest BCUT2D eigenvalue weighted by Gasteiger charge is -2.14. The molecule has 0 radical (unpaired) electrons. The van der Waals surface area contributed by atoms with Crippen molar-refractivity contribution in [2.45, 2.75) is 26.3 Å². The van der Waals surface area contributed by atoms with Crippen molar-refractivity contribution in [1.29, 1.82) is 0 Å². The number of benzene rings is 3. The number of aliphatic carboxylic acids is 1. The molecular weight excluding hydrogens is 480 g/mol. The Labute approximate surface area is 220 Å². The van der Waals surface area contributed by atoms with E-state index in [0.29, 0.717) is 17.6 Å². The molecule has 1 heterocycles. The number of amides is 1. The number of rotatable bonds is 9. The Kier molecular flexibility index (Phi) is 7.85. The molecule has 6 nitrogen and oxygen atoms in total. The van der Waals surface area contributed by atoms with E-state index < -0.39 is 15.5 Å². The lowest BCUT2D eigenvalue weighted by atomic mass is 9.99. The predicted molar refractivity (Wildman–Crippen MR) is 151 cm³/mol. The van der Waals surface area contributed by atoms with Crippen LogP contribution in [0.15, 0.2) is 66.7 Å². The second-order valence-corrected chi connectivity index (χ2v) is 11.7. The molecule has 0 spiro atoms. The molecule has 0 fully saturated rings. The van der Waals surface area contributed by atoms with Crippen molar-refractivity contribution in [3.8, 4) is 0 Å². The lowest BCUT2D eigenvalue weighted by Crippen LogP contribution is -2.23. The van der Waals surface area contributed by atoms with E-state index in [0.717, 1.165) is 34.1 Å². The van der Waals surface area contributed by atoms with Crippen LogP contribution in [0.3, 0.4) is 0 Å². The molecule has 0 unspecified atom stereocenters. The van der Waals surface area contributed by atoms with Gasteiger partial charge >= 0.3 is 5.97 Å². The summed E-state index contributed by atoms with van der Waals surface area (Å²) in [5, 5.41) is 11.3. The van der Waals surface area contributed by atoms with Crippen LogP contribution >= 0.6 is 0 Å². The van der Waals surface area contributed by atoms with Crippen LogP contribution < -0.4 is 10.1 Å². The number of fused-ring (bicyclic) bond motifs is 1. The van der Waals surface area contributed by atoms with E-state index in [4.69, 9.17) is 5.11 Å². The number of ketones is 1. The molecule has 37 heavy (non-hydrogen) atoms. The van der Waals surface area contributed by atoms with Crippen LogP contribution in [0.5, 0.6) is 0 Å². The Morgan fingerprint density at radius 2 is 1.54 bits per heavy atom. The third kappa shape index (κ3) is 5.95. The standard InChI is InChI=1S/C30H32N2O4Si/c1-19(33)23-12-15-26-25(17-23)28(30(36)32(26)4)29(22-10-5-20(6-11-22)9-16-27(34)35)37-24-13-7-21(8-14-24)18-31(2)3/h5-8,10-15,17H,9,16,18,37H2,1-4H3,(H,34,35)/b29-28-. The molecular formula is C30H32N2O4Si. The first kappa shape index (κ1) is 26.3. The summed E-state index contributed by atoms with van der Waals surface area (Å²) < 4.78 is 0. The molecule has 1 amide bonds. The van der Waals surface area contributed by atoms with Gasteiger partial charge in [-0.05, 0) is 67.5 Å². The highest BCUT2D eigenvalue weighted by Crippen LogP contribution is 2.40. The number of anilines is 1. The Morgan fingerprint density at radius 1 is 0.919 bits per heavy atom. The highest BCUT2D eigenvalue weighted by atomic mass is 28.2. The molecule has 0 saturated carbocycles. The number of likely N-dealkylation sites (N-methyl/N-ethyl adjacent to an activating group) is 1. The van der Waals surface area contributed by atoms with Crippen LogP contribution in [-0.2, 0) is 22.6 Å². The van der Waals surface area contributed by atoms with Gasteiger partial charge in [0.1, 0.15) is 0 Å². The number of hydrogen-bond acceptors (Lipinski definition) is 4. The second-order valence-electron chi connectivity index (χ2n) is 9.83. The summed E-state index contributed by atoms with van der Waals surface area (Å²) in [4.78, 5) is 40.5. The van der Waals surface area contributed by atoms with E-state index in [2.05, 4.69) is 29.2 Å². The average Bonchev–Trinajstić information content (AvgIpc) is 3.11. The Bertz CT molecular complexity index is 1380. The van der Waals surface area contributed by atoms with Crippen molar-refractivity contribution in [3.05, 3.63) is 94.5 Å². The van der Waals surface area contributed by atoms with Crippen molar-refractivity contribution >= 4 is 48.8 Å². The highest BCUT2D eigenvalue weighted by Gasteiger charge is 2.33. The van der Waals surface area contributed by atoms with Crippen LogP contribution in [0.2, 0.25) is 0 Å². The highest BCUT2D eigenvalue weighted by molar-refractivity contribution is 6.77. The van der Waals surface area contributed by atoms with Crippen LogP contribution in [0.4, 0.5) is 5.69 Å². The minimum atomic E-state index is -1.09. The van der Waals surface area contributed by atoms with Crippen molar-refractivity contribution in [3.63, 3.8) is 0 Å². The third-order valence-electron chi connectivity index (χ3n) is 6.69.